The highest BCUT2D eigenvalue weighted by molar-refractivity contribution is 14.1. The standard InChI is InChI=1S/C12H11IN4O3/c1-12(16,7-15)2-3-20-11-9(13)4-8(6-14)5-10(11)17(18)19/h4-5H,2-3,16H2,1H3. The summed E-state index contributed by atoms with van der Waals surface area (Å²) in [5.41, 5.74) is 4.51. The second-order valence-corrected chi connectivity index (χ2v) is 5.47. The van der Waals surface area contributed by atoms with Gasteiger partial charge in [0.1, 0.15) is 5.54 Å². The van der Waals surface area contributed by atoms with Gasteiger partial charge in [-0.05, 0) is 35.6 Å². The Balaban J connectivity index is 2.99. The Morgan fingerprint density at radius 1 is 1.55 bits per heavy atom. The van der Waals surface area contributed by atoms with Crippen LogP contribution in [0.2, 0.25) is 0 Å². The molecule has 1 rings (SSSR count). The smallest absolute Gasteiger partial charge is 0.313 e. The van der Waals surface area contributed by atoms with Crippen LogP contribution in [0.1, 0.15) is 18.9 Å². The molecule has 8 heteroatoms. The molecule has 0 amide bonds. The number of nitrogens with zero attached hydrogens (tertiary/aromatic N) is 3. The van der Waals surface area contributed by atoms with Crippen LogP contribution in [-0.2, 0) is 0 Å². The summed E-state index contributed by atoms with van der Waals surface area (Å²) >= 11 is 1.86. The number of hydrogen-bond acceptors (Lipinski definition) is 6. The predicted octanol–water partition coefficient (Wildman–Crippen LogP) is 2.08. The van der Waals surface area contributed by atoms with Crippen LogP contribution in [0.4, 0.5) is 5.69 Å². The van der Waals surface area contributed by atoms with Crippen molar-refractivity contribution in [3.63, 3.8) is 0 Å². The number of ether oxygens (including phenoxy) is 1. The Bertz CT molecular complexity index is 616. The lowest BCUT2D eigenvalue weighted by Gasteiger charge is -2.16. The molecule has 104 valence electrons. The molecule has 0 fully saturated rings. The van der Waals surface area contributed by atoms with Gasteiger partial charge in [0.2, 0.25) is 5.75 Å². The summed E-state index contributed by atoms with van der Waals surface area (Å²) in [4.78, 5) is 10.4. The van der Waals surface area contributed by atoms with Crippen LogP contribution in [0, 0.1) is 36.3 Å². The number of rotatable bonds is 5. The molecular formula is C12H11IN4O3. The quantitative estimate of drug-likeness (QED) is 0.469. The van der Waals surface area contributed by atoms with E-state index in [1.165, 1.54) is 6.07 Å². The van der Waals surface area contributed by atoms with Crippen molar-refractivity contribution in [2.24, 2.45) is 5.73 Å². The van der Waals surface area contributed by atoms with Crippen molar-refractivity contribution < 1.29 is 9.66 Å². The molecule has 0 aliphatic rings. The van der Waals surface area contributed by atoms with E-state index in [1.807, 2.05) is 34.7 Å². The minimum absolute atomic E-state index is 0.0727. The van der Waals surface area contributed by atoms with Gasteiger partial charge < -0.3 is 10.5 Å². The summed E-state index contributed by atoms with van der Waals surface area (Å²) in [5, 5.41) is 28.6. The van der Waals surface area contributed by atoms with Gasteiger partial charge in [-0.1, -0.05) is 0 Å². The van der Waals surface area contributed by atoms with Crippen molar-refractivity contribution in [1.29, 1.82) is 10.5 Å². The van der Waals surface area contributed by atoms with Gasteiger partial charge in [-0.2, -0.15) is 10.5 Å². The second kappa shape index (κ2) is 6.50. The summed E-state index contributed by atoms with van der Waals surface area (Å²) in [5.74, 6) is 0.0864. The number of nitro benzene ring substituents is 1. The molecule has 0 radical (unpaired) electrons. The molecule has 0 aliphatic carbocycles. The van der Waals surface area contributed by atoms with Gasteiger partial charge in [0.25, 0.3) is 0 Å². The monoisotopic (exact) mass is 386 g/mol. The molecule has 7 nitrogen and oxygen atoms in total. The van der Waals surface area contributed by atoms with Crippen LogP contribution in [0.3, 0.4) is 0 Å². The third kappa shape index (κ3) is 4.05. The van der Waals surface area contributed by atoms with Crippen LogP contribution in [0.15, 0.2) is 12.1 Å². The molecular weight excluding hydrogens is 375 g/mol. The maximum absolute atomic E-state index is 11.0. The molecule has 0 spiro atoms. The first kappa shape index (κ1) is 16.1. The zero-order valence-corrected chi connectivity index (χ0v) is 12.7. The number of hydrogen-bond donors (Lipinski definition) is 1. The summed E-state index contributed by atoms with van der Waals surface area (Å²) in [6.45, 7) is 1.62. The summed E-state index contributed by atoms with van der Waals surface area (Å²) < 4.78 is 5.84. The molecule has 1 aromatic carbocycles. The fourth-order valence-electron chi connectivity index (χ4n) is 1.34. The van der Waals surface area contributed by atoms with Gasteiger partial charge in [-0.25, -0.2) is 0 Å². The van der Waals surface area contributed by atoms with Gasteiger partial charge in [0.05, 0.1) is 32.8 Å². The molecule has 1 atom stereocenters. The van der Waals surface area contributed by atoms with Crippen LogP contribution in [-0.4, -0.2) is 17.1 Å². The SMILES string of the molecule is CC(N)(C#N)CCOc1c(I)cc(C#N)cc1[N+](=O)[O-]. The Morgan fingerprint density at radius 3 is 2.70 bits per heavy atom. The highest BCUT2D eigenvalue weighted by Crippen LogP contribution is 2.33. The Hall–Kier alpha value is -1.91. The van der Waals surface area contributed by atoms with Crippen LogP contribution >= 0.6 is 22.6 Å². The van der Waals surface area contributed by atoms with Crippen LogP contribution < -0.4 is 10.5 Å². The Labute approximate surface area is 129 Å². The van der Waals surface area contributed by atoms with Crippen molar-refractivity contribution in [2.75, 3.05) is 6.61 Å². The average Bonchev–Trinajstić information content (AvgIpc) is 2.39. The van der Waals surface area contributed by atoms with Gasteiger partial charge in [-0.15, -0.1) is 0 Å². The molecule has 0 aliphatic heterocycles. The van der Waals surface area contributed by atoms with Crippen molar-refractivity contribution in [3.05, 3.63) is 31.4 Å². The van der Waals surface area contributed by atoms with E-state index in [-0.39, 0.29) is 30.0 Å². The number of halogens is 1. The first-order chi connectivity index (χ1) is 9.30. The van der Waals surface area contributed by atoms with E-state index in [2.05, 4.69) is 0 Å². The topological polar surface area (TPSA) is 126 Å². The van der Waals surface area contributed by atoms with E-state index in [4.69, 9.17) is 21.0 Å². The Kier molecular flexibility index (Phi) is 5.25. The van der Waals surface area contributed by atoms with Crippen LogP contribution in [0.5, 0.6) is 5.75 Å². The van der Waals surface area contributed by atoms with E-state index >= 15 is 0 Å². The fourth-order valence-corrected chi connectivity index (χ4v) is 2.11. The van der Waals surface area contributed by atoms with E-state index in [1.54, 1.807) is 6.92 Å². The van der Waals surface area contributed by atoms with E-state index in [0.717, 1.165) is 6.07 Å². The number of nitro groups is 1. The number of nitrogens with two attached hydrogens (primary N) is 1. The molecule has 2 N–H and O–H groups in total. The largest absolute Gasteiger partial charge is 0.486 e. The third-order valence-electron chi connectivity index (χ3n) is 2.47. The number of nitriles is 2. The van der Waals surface area contributed by atoms with Gasteiger partial charge in [0, 0.05) is 12.5 Å². The lowest BCUT2D eigenvalue weighted by atomic mass is 10.0. The maximum Gasteiger partial charge on any atom is 0.313 e. The minimum Gasteiger partial charge on any atom is -0.486 e. The van der Waals surface area contributed by atoms with Crippen molar-refractivity contribution in [2.45, 2.75) is 18.9 Å². The van der Waals surface area contributed by atoms with Crippen LogP contribution in [0.25, 0.3) is 0 Å². The molecule has 0 bridgehead atoms. The zero-order valence-electron chi connectivity index (χ0n) is 10.6. The van der Waals surface area contributed by atoms with Crippen molar-refractivity contribution in [3.8, 4) is 17.9 Å². The number of benzene rings is 1. The predicted molar refractivity (Wildman–Crippen MR) is 78.8 cm³/mol. The van der Waals surface area contributed by atoms with E-state index < -0.39 is 10.5 Å². The molecule has 0 saturated heterocycles. The van der Waals surface area contributed by atoms with Crippen molar-refractivity contribution in [1.82, 2.24) is 0 Å². The molecule has 20 heavy (non-hydrogen) atoms. The fraction of sp³-hybridized carbons (Fsp3) is 0.333. The first-order valence-electron chi connectivity index (χ1n) is 5.51. The highest BCUT2D eigenvalue weighted by atomic mass is 127. The minimum atomic E-state index is -1.05. The summed E-state index contributed by atoms with van der Waals surface area (Å²) in [6.07, 6.45) is 0.233. The Morgan fingerprint density at radius 2 is 2.20 bits per heavy atom. The molecule has 1 unspecified atom stereocenters. The molecule has 0 saturated carbocycles. The molecule has 1 aromatic rings. The highest BCUT2D eigenvalue weighted by Gasteiger charge is 2.22. The van der Waals surface area contributed by atoms with Gasteiger partial charge in [0.15, 0.2) is 0 Å². The average molecular weight is 386 g/mol. The second-order valence-electron chi connectivity index (χ2n) is 4.30. The van der Waals surface area contributed by atoms with Crippen molar-refractivity contribution >= 4 is 28.3 Å². The van der Waals surface area contributed by atoms with E-state index in [0.29, 0.717) is 3.57 Å². The first-order valence-corrected chi connectivity index (χ1v) is 6.59. The normalized spacial score (nSPS) is 12.8. The summed E-state index contributed by atoms with van der Waals surface area (Å²) in [7, 11) is 0. The van der Waals surface area contributed by atoms with E-state index in [9.17, 15) is 10.1 Å². The molecule has 0 heterocycles. The van der Waals surface area contributed by atoms with Gasteiger partial charge >= 0.3 is 5.69 Å². The molecule has 0 aromatic heterocycles. The maximum atomic E-state index is 11.0. The lowest BCUT2D eigenvalue weighted by molar-refractivity contribution is -0.386. The zero-order chi connectivity index (χ0) is 15.3. The summed E-state index contributed by atoms with van der Waals surface area (Å²) in [6, 6.07) is 6.42. The van der Waals surface area contributed by atoms with Gasteiger partial charge in [-0.3, -0.25) is 10.1 Å². The third-order valence-corrected chi connectivity index (χ3v) is 3.27. The lowest BCUT2D eigenvalue weighted by Crippen LogP contribution is -2.35.